The van der Waals surface area contributed by atoms with Crippen molar-refractivity contribution in [3.8, 4) is 0 Å². The largest absolute Gasteiger partial charge is 0.444 e. The van der Waals surface area contributed by atoms with Crippen molar-refractivity contribution in [2.75, 3.05) is 36.5 Å². The summed E-state index contributed by atoms with van der Waals surface area (Å²) in [4.78, 5) is 4.90. The minimum Gasteiger partial charge on any atom is -0.444 e. The molecule has 36 heavy (non-hydrogen) atoms. The number of hydrogen-bond acceptors (Lipinski definition) is 5. The van der Waals surface area contributed by atoms with Crippen LogP contribution in [0.25, 0.3) is 23.1 Å². The van der Waals surface area contributed by atoms with Gasteiger partial charge in [-0.05, 0) is 110 Å². The van der Waals surface area contributed by atoms with E-state index in [0.717, 1.165) is 67.4 Å². The van der Waals surface area contributed by atoms with E-state index in [1.165, 1.54) is 52.0 Å². The maximum Gasteiger partial charge on any atom is 0.198 e. The Labute approximate surface area is 220 Å². The van der Waals surface area contributed by atoms with Crippen molar-refractivity contribution in [1.29, 1.82) is 0 Å². The van der Waals surface area contributed by atoms with E-state index in [4.69, 9.17) is 22.4 Å². The van der Waals surface area contributed by atoms with Crippen LogP contribution in [0.1, 0.15) is 72.6 Å². The molecule has 2 aromatic carbocycles. The lowest BCUT2D eigenvalue weighted by Gasteiger charge is -2.33. The Bertz CT molecular complexity index is 1370. The molecule has 2 N–H and O–H groups in total. The molecule has 4 nitrogen and oxygen atoms in total. The van der Waals surface area contributed by atoms with Crippen molar-refractivity contribution in [1.82, 2.24) is 0 Å². The topological polar surface area (TPSA) is 45.6 Å². The first-order chi connectivity index (χ1) is 17.5. The van der Waals surface area contributed by atoms with E-state index < -0.39 is 0 Å². The fourth-order valence-electron chi connectivity index (χ4n) is 6.35. The predicted octanol–water partition coefficient (Wildman–Crippen LogP) is 7.07. The molecule has 0 aliphatic carbocycles. The molecule has 0 atom stereocenters. The molecule has 1 aromatic heterocycles. The third-order valence-electron chi connectivity index (χ3n) is 8.06. The fraction of sp³-hybridized carbons (Fsp3) is 0.452. The van der Waals surface area contributed by atoms with Crippen LogP contribution in [0.3, 0.4) is 0 Å². The van der Waals surface area contributed by atoms with Crippen molar-refractivity contribution in [2.24, 2.45) is 5.73 Å². The molecule has 0 saturated heterocycles. The number of nitrogens with zero attached hydrogens (tertiary/aromatic N) is 2. The van der Waals surface area contributed by atoms with Crippen LogP contribution in [0.5, 0.6) is 0 Å². The molecule has 190 valence electrons. The molecular formula is C31H39N3OS. The van der Waals surface area contributed by atoms with Gasteiger partial charge in [0.25, 0.3) is 0 Å². The lowest BCUT2D eigenvalue weighted by molar-refractivity contribution is 0.577. The van der Waals surface area contributed by atoms with E-state index in [9.17, 15) is 0 Å². The average molecular weight is 502 g/mol. The van der Waals surface area contributed by atoms with Crippen LogP contribution in [0.2, 0.25) is 0 Å². The predicted molar refractivity (Wildman–Crippen MR) is 157 cm³/mol. The van der Waals surface area contributed by atoms with Gasteiger partial charge in [-0.3, -0.25) is 0 Å². The van der Waals surface area contributed by atoms with E-state index in [-0.39, 0.29) is 0 Å². The number of aryl methyl sites for hydroxylation is 4. The SMILES string of the molecule is CCc1cc(/C=C/c2c(CN)c3cc4c(c(CC)c3oc2=S)N(CC)CCC4)cc2c1N(C)CCC2. The lowest BCUT2D eigenvalue weighted by atomic mass is 9.91. The van der Waals surface area contributed by atoms with Crippen molar-refractivity contribution in [3.05, 3.63) is 61.9 Å². The van der Waals surface area contributed by atoms with Gasteiger partial charge < -0.3 is 20.0 Å². The second-order valence-electron chi connectivity index (χ2n) is 10.2. The molecule has 0 bridgehead atoms. The summed E-state index contributed by atoms with van der Waals surface area (Å²) in [6, 6.07) is 6.99. The van der Waals surface area contributed by atoms with Gasteiger partial charge in [-0.1, -0.05) is 19.9 Å². The molecule has 0 radical (unpaired) electrons. The second kappa shape index (κ2) is 10.4. The summed E-state index contributed by atoms with van der Waals surface area (Å²) in [5.74, 6) is 0. The first kappa shape index (κ1) is 25.0. The number of nitrogens with two attached hydrogens (primary N) is 1. The highest BCUT2D eigenvalue weighted by atomic mass is 32.1. The Morgan fingerprint density at radius 1 is 0.944 bits per heavy atom. The third-order valence-corrected chi connectivity index (χ3v) is 8.36. The minimum atomic E-state index is 0.435. The van der Waals surface area contributed by atoms with Crippen LogP contribution in [0.15, 0.2) is 22.6 Å². The Morgan fingerprint density at radius 3 is 2.39 bits per heavy atom. The van der Waals surface area contributed by atoms with E-state index in [2.05, 4.69) is 68.0 Å². The Morgan fingerprint density at radius 2 is 1.69 bits per heavy atom. The zero-order chi connectivity index (χ0) is 25.4. The van der Waals surface area contributed by atoms with Crippen LogP contribution in [-0.2, 0) is 32.2 Å². The van der Waals surface area contributed by atoms with E-state index in [1.54, 1.807) is 0 Å². The Hall–Kier alpha value is -2.63. The average Bonchev–Trinajstić information content (AvgIpc) is 2.89. The van der Waals surface area contributed by atoms with Gasteiger partial charge in [-0.25, -0.2) is 0 Å². The second-order valence-corrected chi connectivity index (χ2v) is 10.5. The van der Waals surface area contributed by atoms with Crippen LogP contribution in [0, 0.1) is 4.71 Å². The van der Waals surface area contributed by atoms with Crippen molar-refractivity contribution < 1.29 is 4.42 Å². The zero-order valence-corrected chi connectivity index (χ0v) is 23.1. The zero-order valence-electron chi connectivity index (χ0n) is 22.2. The summed E-state index contributed by atoms with van der Waals surface area (Å²) < 4.78 is 6.96. The number of benzene rings is 2. The van der Waals surface area contributed by atoms with Crippen LogP contribution < -0.4 is 15.5 Å². The van der Waals surface area contributed by atoms with Gasteiger partial charge >= 0.3 is 0 Å². The monoisotopic (exact) mass is 501 g/mol. The summed E-state index contributed by atoms with van der Waals surface area (Å²) >= 11 is 5.84. The minimum absolute atomic E-state index is 0.435. The summed E-state index contributed by atoms with van der Waals surface area (Å²) in [5.41, 5.74) is 18.9. The summed E-state index contributed by atoms with van der Waals surface area (Å²) in [7, 11) is 2.21. The van der Waals surface area contributed by atoms with E-state index in [0.29, 0.717) is 11.3 Å². The number of rotatable bonds is 6. The highest BCUT2D eigenvalue weighted by Crippen LogP contribution is 2.39. The van der Waals surface area contributed by atoms with Gasteiger partial charge in [0, 0.05) is 61.1 Å². The quantitative estimate of drug-likeness (QED) is 0.366. The van der Waals surface area contributed by atoms with E-state index in [1.807, 2.05) is 0 Å². The van der Waals surface area contributed by atoms with Gasteiger partial charge in [0.2, 0.25) is 0 Å². The molecule has 5 heteroatoms. The molecule has 0 amide bonds. The van der Waals surface area contributed by atoms with Gasteiger partial charge in [0.15, 0.2) is 4.71 Å². The molecule has 2 aliphatic rings. The molecule has 3 aromatic rings. The Kier molecular flexibility index (Phi) is 7.23. The summed E-state index contributed by atoms with van der Waals surface area (Å²) in [6.45, 7) is 10.4. The van der Waals surface area contributed by atoms with Crippen molar-refractivity contribution in [2.45, 2.75) is 65.8 Å². The van der Waals surface area contributed by atoms with Crippen LogP contribution in [-0.4, -0.2) is 26.7 Å². The first-order valence-corrected chi connectivity index (χ1v) is 14.1. The molecular weight excluding hydrogens is 462 g/mol. The third kappa shape index (κ3) is 4.26. The standard InChI is InChI=1S/C31H39N3OS/c1-5-21-16-20(17-22-10-8-14-33(4)28(21)22)12-13-25-27(19-32)26-18-23-11-9-15-34(7-3)29(23)24(6-2)30(26)35-31(25)36/h12-13,16-18H,5-11,14-15,19,32H2,1-4H3/b13-12+. The molecule has 3 heterocycles. The van der Waals surface area contributed by atoms with Crippen LogP contribution >= 0.6 is 12.2 Å². The maximum absolute atomic E-state index is 6.43. The highest BCUT2D eigenvalue weighted by Gasteiger charge is 2.24. The summed E-state index contributed by atoms with van der Waals surface area (Å²) in [5, 5.41) is 1.13. The number of anilines is 2. The molecule has 5 rings (SSSR count). The maximum atomic E-state index is 6.43. The smallest absolute Gasteiger partial charge is 0.198 e. The molecule has 0 saturated carbocycles. The van der Waals surface area contributed by atoms with E-state index >= 15 is 0 Å². The number of hydrogen-bond donors (Lipinski definition) is 1. The lowest BCUT2D eigenvalue weighted by Crippen LogP contribution is -2.30. The van der Waals surface area contributed by atoms with Gasteiger partial charge in [-0.2, -0.15) is 0 Å². The van der Waals surface area contributed by atoms with Gasteiger partial charge in [0.05, 0.1) is 0 Å². The summed E-state index contributed by atoms with van der Waals surface area (Å²) in [6.07, 6.45) is 10.9. The van der Waals surface area contributed by atoms with Gasteiger partial charge in [-0.15, -0.1) is 0 Å². The first-order valence-electron chi connectivity index (χ1n) is 13.6. The van der Waals surface area contributed by atoms with Gasteiger partial charge in [0.1, 0.15) is 5.58 Å². The molecule has 0 unspecified atom stereocenters. The van der Waals surface area contributed by atoms with Crippen molar-refractivity contribution in [3.63, 3.8) is 0 Å². The fourth-order valence-corrected chi connectivity index (χ4v) is 6.62. The van der Waals surface area contributed by atoms with Crippen LogP contribution in [0.4, 0.5) is 11.4 Å². The normalized spacial score (nSPS) is 15.6. The highest BCUT2D eigenvalue weighted by molar-refractivity contribution is 7.71. The molecule has 0 spiro atoms. The Balaban J connectivity index is 1.64. The van der Waals surface area contributed by atoms with Crippen molar-refractivity contribution >= 4 is 46.7 Å². The number of fused-ring (bicyclic) bond motifs is 3. The molecule has 2 aliphatic heterocycles. The molecule has 0 fully saturated rings.